The SMILES string of the molecule is C.COCC(O)CC(C)C. The Morgan fingerprint density at radius 1 is 1.40 bits per heavy atom. The van der Waals surface area contributed by atoms with E-state index < -0.39 is 0 Å². The molecule has 0 saturated heterocycles. The van der Waals surface area contributed by atoms with E-state index in [0.717, 1.165) is 6.42 Å². The third-order valence-corrected chi connectivity index (χ3v) is 1.10. The molecule has 0 saturated carbocycles. The van der Waals surface area contributed by atoms with E-state index >= 15 is 0 Å². The van der Waals surface area contributed by atoms with Crippen LogP contribution in [0.2, 0.25) is 0 Å². The summed E-state index contributed by atoms with van der Waals surface area (Å²) in [5.41, 5.74) is 0. The predicted octanol–water partition coefficient (Wildman–Crippen LogP) is 1.68. The summed E-state index contributed by atoms with van der Waals surface area (Å²) >= 11 is 0. The van der Waals surface area contributed by atoms with Crippen LogP contribution in [0.3, 0.4) is 0 Å². The molecule has 0 fully saturated rings. The highest BCUT2D eigenvalue weighted by molar-refractivity contribution is 4.55. The van der Waals surface area contributed by atoms with E-state index in [0.29, 0.717) is 12.5 Å². The van der Waals surface area contributed by atoms with Gasteiger partial charge in [0, 0.05) is 7.11 Å². The van der Waals surface area contributed by atoms with E-state index in [1.807, 2.05) is 0 Å². The average Bonchev–Trinajstić information content (AvgIpc) is 1.63. The quantitative estimate of drug-likeness (QED) is 0.657. The van der Waals surface area contributed by atoms with Crippen molar-refractivity contribution in [2.45, 2.75) is 33.8 Å². The molecule has 1 unspecified atom stereocenters. The lowest BCUT2D eigenvalue weighted by Crippen LogP contribution is -2.15. The second-order valence-electron chi connectivity index (χ2n) is 2.74. The zero-order valence-corrected chi connectivity index (χ0v) is 6.42. The maximum Gasteiger partial charge on any atom is 0.0776 e. The van der Waals surface area contributed by atoms with Crippen LogP contribution >= 0.6 is 0 Å². The van der Waals surface area contributed by atoms with Gasteiger partial charge in [0.1, 0.15) is 0 Å². The Morgan fingerprint density at radius 3 is 2.20 bits per heavy atom. The maximum absolute atomic E-state index is 9.09. The molecule has 0 aliphatic carbocycles. The molecule has 10 heavy (non-hydrogen) atoms. The van der Waals surface area contributed by atoms with Gasteiger partial charge in [0.25, 0.3) is 0 Å². The summed E-state index contributed by atoms with van der Waals surface area (Å²) in [5.74, 6) is 0.551. The molecule has 0 aromatic heterocycles. The first kappa shape index (κ1) is 12.6. The molecular formula is C8H20O2. The highest BCUT2D eigenvalue weighted by Gasteiger charge is 2.04. The summed E-state index contributed by atoms with van der Waals surface area (Å²) < 4.78 is 4.75. The van der Waals surface area contributed by atoms with Crippen LogP contribution in [0.25, 0.3) is 0 Å². The van der Waals surface area contributed by atoms with Crippen LogP contribution in [0.4, 0.5) is 0 Å². The standard InChI is InChI=1S/C7H16O2.CH4/c1-6(2)4-7(8)5-9-3;/h6-8H,4-5H2,1-3H3;1H4. The zero-order chi connectivity index (χ0) is 7.28. The minimum Gasteiger partial charge on any atom is -0.391 e. The van der Waals surface area contributed by atoms with Crippen molar-refractivity contribution in [2.24, 2.45) is 5.92 Å². The van der Waals surface area contributed by atoms with E-state index in [9.17, 15) is 0 Å². The number of hydrogen-bond acceptors (Lipinski definition) is 2. The van der Waals surface area contributed by atoms with Crippen molar-refractivity contribution in [3.05, 3.63) is 0 Å². The molecule has 0 bridgehead atoms. The van der Waals surface area contributed by atoms with Crippen LogP contribution in [-0.2, 0) is 4.74 Å². The Bertz CT molecular complexity index is 62.3. The Morgan fingerprint density at radius 2 is 1.90 bits per heavy atom. The number of aliphatic hydroxyl groups excluding tert-OH is 1. The van der Waals surface area contributed by atoms with Crippen molar-refractivity contribution in [1.82, 2.24) is 0 Å². The van der Waals surface area contributed by atoms with Crippen molar-refractivity contribution >= 4 is 0 Å². The van der Waals surface area contributed by atoms with E-state index in [2.05, 4.69) is 13.8 Å². The normalized spacial score (nSPS) is 12.9. The number of methoxy groups -OCH3 is 1. The van der Waals surface area contributed by atoms with Gasteiger partial charge in [0.2, 0.25) is 0 Å². The van der Waals surface area contributed by atoms with Crippen LogP contribution in [0.1, 0.15) is 27.7 Å². The molecule has 0 heterocycles. The first-order valence-electron chi connectivity index (χ1n) is 3.33. The lowest BCUT2D eigenvalue weighted by molar-refractivity contribution is 0.0515. The highest BCUT2D eigenvalue weighted by atomic mass is 16.5. The second-order valence-corrected chi connectivity index (χ2v) is 2.74. The molecular weight excluding hydrogens is 128 g/mol. The highest BCUT2D eigenvalue weighted by Crippen LogP contribution is 2.03. The second kappa shape index (κ2) is 7.03. The van der Waals surface area contributed by atoms with Gasteiger partial charge in [-0.15, -0.1) is 0 Å². The molecule has 1 N–H and O–H groups in total. The fourth-order valence-corrected chi connectivity index (χ4v) is 0.805. The van der Waals surface area contributed by atoms with Gasteiger partial charge in [0.15, 0.2) is 0 Å². The van der Waals surface area contributed by atoms with Crippen molar-refractivity contribution in [1.29, 1.82) is 0 Å². The van der Waals surface area contributed by atoms with E-state index in [1.54, 1.807) is 7.11 Å². The van der Waals surface area contributed by atoms with Gasteiger partial charge in [-0.1, -0.05) is 21.3 Å². The molecule has 0 rings (SSSR count). The van der Waals surface area contributed by atoms with Gasteiger partial charge >= 0.3 is 0 Å². The molecule has 2 nitrogen and oxygen atoms in total. The summed E-state index contributed by atoms with van der Waals surface area (Å²) in [4.78, 5) is 0. The van der Waals surface area contributed by atoms with Crippen LogP contribution in [-0.4, -0.2) is 24.9 Å². The van der Waals surface area contributed by atoms with Crippen LogP contribution in [0, 0.1) is 5.92 Å². The molecule has 2 heteroatoms. The smallest absolute Gasteiger partial charge is 0.0776 e. The fraction of sp³-hybridized carbons (Fsp3) is 1.00. The molecule has 0 spiro atoms. The predicted molar refractivity (Wildman–Crippen MR) is 44.1 cm³/mol. The van der Waals surface area contributed by atoms with Crippen molar-refractivity contribution in [3.8, 4) is 0 Å². The third kappa shape index (κ3) is 7.92. The largest absolute Gasteiger partial charge is 0.391 e. The molecule has 0 radical (unpaired) electrons. The van der Waals surface area contributed by atoms with E-state index in [1.165, 1.54) is 0 Å². The molecule has 1 atom stereocenters. The van der Waals surface area contributed by atoms with Crippen molar-refractivity contribution in [3.63, 3.8) is 0 Å². The molecule has 0 aromatic carbocycles. The summed E-state index contributed by atoms with van der Waals surface area (Å²) in [6, 6.07) is 0. The summed E-state index contributed by atoms with van der Waals surface area (Å²) in [7, 11) is 1.60. The monoisotopic (exact) mass is 148 g/mol. The lowest BCUT2D eigenvalue weighted by Gasteiger charge is -2.10. The van der Waals surface area contributed by atoms with Gasteiger partial charge in [-0.2, -0.15) is 0 Å². The van der Waals surface area contributed by atoms with E-state index in [4.69, 9.17) is 9.84 Å². The summed E-state index contributed by atoms with van der Waals surface area (Å²) in [5, 5.41) is 9.09. The first-order valence-corrected chi connectivity index (χ1v) is 3.33. The molecule has 64 valence electrons. The zero-order valence-electron chi connectivity index (χ0n) is 6.42. The first-order chi connectivity index (χ1) is 4.16. The van der Waals surface area contributed by atoms with Crippen molar-refractivity contribution in [2.75, 3.05) is 13.7 Å². The summed E-state index contributed by atoms with van der Waals surface area (Å²) in [6.07, 6.45) is 0.545. The van der Waals surface area contributed by atoms with E-state index in [-0.39, 0.29) is 13.5 Å². The lowest BCUT2D eigenvalue weighted by atomic mass is 10.1. The Labute approximate surface area is 64.2 Å². The minimum absolute atomic E-state index is 0. The van der Waals surface area contributed by atoms with Gasteiger partial charge < -0.3 is 9.84 Å². The molecule has 0 aliphatic rings. The number of hydrogen-bond donors (Lipinski definition) is 1. The van der Waals surface area contributed by atoms with Gasteiger partial charge in [-0.05, 0) is 12.3 Å². The Balaban J connectivity index is 0. The average molecular weight is 148 g/mol. The number of aliphatic hydroxyl groups is 1. The molecule has 0 aromatic rings. The van der Waals surface area contributed by atoms with Crippen molar-refractivity contribution < 1.29 is 9.84 Å². The maximum atomic E-state index is 9.09. The van der Waals surface area contributed by atoms with Gasteiger partial charge in [0.05, 0.1) is 12.7 Å². The topological polar surface area (TPSA) is 29.5 Å². The Kier molecular flexibility index (Phi) is 8.85. The fourth-order valence-electron chi connectivity index (χ4n) is 0.805. The molecule has 0 amide bonds. The van der Waals surface area contributed by atoms with Crippen LogP contribution < -0.4 is 0 Å². The van der Waals surface area contributed by atoms with Crippen LogP contribution in [0.5, 0.6) is 0 Å². The Hall–Kier alpha value is -0.0800. The molecule has 0 aliphatic heterocycles. The third-order valence-electron chi connectivity index (χ3n) is 1.10. The van der Waals surface area contributed by atoms with Gasteiger partial charge in [-0.25, -0.2) is 0 Å². The van der Waals surface area contributed by atoms with Crippen LogP contribution in [0.15, 0.2) is 0 Å². The summed E-state index contributed by atoms with van der Waals surface area (Å²) in [6.45, 7) is 4.62. The minimum atomic E-state index is -0.282. The number of rotatable bonds is 4. The van der Waals surface area contributed by atoms with Gasteiger partial charge in [-0.3, -0.25) is 0 Å². The number of ether oxygens (including phenoxy) is 1.